The van der Waals surface area contributed by atoms with Crippen LogP contribution >= 0.6 is 0 Å². The van der Waals surface area contributed by atoms with Gasteiger partial charge in [0, 0.05) is 24.7 Å². The fourth-order valence-electron chi connectivity index (χ4n) is 1.96. The van der Waals surface area contributed by atoms with Crippen LogP contribution in [0.2, 0.25) is 0 Å². The van der Waals surface area contributed by atoms with E-state index in [9.17, 15) is 4.79 Å². The van der Waals surface area contributed by atoms with E-state index in [0.717, 1.165) is 24.9 Å². The van der Waals surface area contributed by atoms with Gasteiger partial charge in [-0.1, -0.05) is 18.2 Å². The van der Waals surface area contributed by atoms with Gasteiger partial charge in [-0.15, -0.1) is 0 Å². The van der Waals surface area contributed by atoms with Crippen LogP contribution in [0.3, 0.4) is 0 Å². The van der Waals surface area contributed by atoms with E-state index < -0.39 is 0 Å². The van der Waals surface area contributed by atoms with Crippen molar-refractivity contribution >= 4 is 5.91 Å². The zero-order chi connectivity index (χ0) is 10.7. The monoisotopic (exact) mass is 204 g/mol. The molecule has 3 nitrogen and oxygen atoms in total. The summed E-state index contributed by atoms with van der Waals surface area (Å²) in [5.74, 6) is 0.103. The molecule has 1 aliphatic rings. The molecule has 0 aromatic heterocycles. The first kappa shape index (κ1) is 10.2. The lowest BCUT2D eigenvalue weighted by Gasteiger charge is -2.30. The summed E-state index contributed by atoms with van der Waals surface area (Å²) in [7, 11) is 0. The number of benzene rings is 1. The second-order valence-corrected chi connectivity index (χ2v) is 4.02. The van der Waals surface area contributed by atoms with Crippen molar-refractivity contribution in [2.24, 2.45) is 5.73 Å². The highest BCUT2D eigenvalue weighted by atomic mass is 16.2. The maximum atomic E-state index is 12.0. The Morgan fingerprint density at radius 1 is 1.33 bits per heavy atom. The molecule has 0 radical (unpaired) electrons. The first-order valence-electron chi connectivity index (χ1n) is 5.37. The highest BCUT2D eigenvalue weighted by Gasteiger charge is 2.21. The number of nitrogens with two attached hydrogens (primary N) is 1. The van der Waals surface area contributed by atoms with E-state index in [1.54, 1.807) is 0 Å². The van der Waals surface area contributed by atoms with Gasteiger partial charge in [0.2, 0.25) is 0 Å². The Hall–Kier alpha value is -1.35. The van der Waals surface area contributed by atoms with Crippen molar-refractivity contribution in [1.82, 2.24) is 4.90 Å². The van der Waals surface area contributed by atoms with Gasteiger partial charge in [-0.3, -0.25) is 4.79 Å². The predicted molar refractivity (Wildman–Crippen MR) is 59.6 cm³/mol. The molecule has 15 heavy (non-hydrogen) atoms. The van der Waals surface area contributed by atoms with E-state index in [1.807, 2.05) is 35.2 Å². The molecule has 1 aromatic carbocycles. The van der Waals surface area contributed by atoms with Crippen LogP contribution in [-0.2, 0) is 0 Å². The minimum Gasteiger partial charge on any atom is -0.337 e. The first-order valence-corrected chi connectivity index (χ1v) is 5.37. The summed E-state index contributed by atoms with van der Waals surface area (Å²) in [6.07, 6.45) is 2.04. The van der Waals surface area contributed by atoms with Crippen molar-refractivity contribution in [3.05, 3.63) is 35.9 Å². The van der Waals surface area contributed by atoms with E-state index in [1.165, 1.54) is 0 Å². The molecule has 0 saturated carbocycles. The van der Waals surface area contributed by atoms with Crippen molar-refractivity contribution in [2.45, 2.75) is 18.9 Å². The summed E-state index contributed by atoms with van der Waals surface area (Å²) >= 11 is 0. The number of hydrogen-bond acceptors (Lipinski definition) is 2. The zero-order valence-corrected chi connectivity index (χ0v) is 8.73. The maximum Gasteiger partial charge on any atom is 0.253 e. The van der Waals surface area contributed by atoms with Crippen LogP contribution in [0, 0.1) is 0 Å². The quantitative estimate of drug-likeness (QED) is 0.748. The van der Waals surface area contributed by atoms with Gasteiger partial charge in [-0.25, -0.2) is 0 Å². The number of carbonyl (C=O) groups excluding carboxylic acids is 1. The Balaban J connectivity index is 2.08. The van der Waals surface area contributed by atoms with Crippen LogP contribution in [0.4, 0.5) is 0 Å². The molecular weight excluding hydrogens is 188 g/mol. The average molecular weight is 204 g/mol. The molecule has 1 amide bonds. The molecule has 1 aromatic rings. The summed E-state index contributed by atoms with van der Waals surface area (Å²) in [5, 5.41) is 0. The lowest BCUT2D eigenvalue weighted by Crippen LogP contribution is -2.45. The highest BCUT2D eigenvalue weighted by Crippen LogP contribution is 2.12. The molecule has 2 N–H and O–H groups in total. The molecular formula is C12H16N2O. The lowest BCUT2D eigenvalue weighted by molar-refractivity contribution is 0.0709. The second-order valence-electron chi connectivity index (χ2n) is 4.02. The third-order valence-electron chi connectivity index (χ3n) is 2.77. The highest BCUT2D eigenvalue weighted by molar-refractivity contribution is 5.94. The molecule has 80 valence electrons. The number of carbonyl (C=O) groups is 1. The Bertz CT molecular complexity index is 337. The smallest absolute Gasteiger partial charge is 0.253 e. The van der Waals surface area contributed by atoms with E-state index in [4.69, 9.17) is 5.73 Å². The third-order valence-corrected chi connectivity index (χ3v) is 2.77. The summed E-state index contributed by atoms with van der Waals surface area (Å²) in [6, 6.07) is 9.53. The predicted octanol–water partition coefficient (Wildman–Crippen LogP) is 1.25. The van der Waals surface area contributed by atoms with Crippen LogP contribution < -0.4 is 5.73 Å². The number of nitrogens with zero attached hydrogens (tertiary/aromatic N) is 1. The molecule has 1 fully saturated rings. The molecule has 1 saturated heterocycles. The SMILES string of the molecule is NC1CCCN(C(=O)c2ccccc2)C1. The summed E-state index contributed by atoms with van der Waals surface area (Å²) < 4.78 is 0. The van der Waals surface area contributed by atoms with Gasteiger partial charge < -0.3 is 10.6 Å². The summed E-state index contributed by atoms with van der Waals surface area (Å²) in [5.41, 5.74) is 6.60. The fraction of sp³-hybridized carbons (Fsp3) is 0.417. The minimum atomic E-state index is 0.103. The number of amides is 1. The maximum absolute atomic E-state index is 12.0. The fourth-order valence-corrected chi connectivity index (χ4v) is 1.96. The second kappa shape index (κ2) is 4.45. The van der Waals surface area contributed by atoms with Gasteiger partial charge in [-0.05, 0) is 25.0 Å². The summed E-state index contributed by atoms with van der Waals surface area (Å²) in [4.78, 5) is 13.9. The first-order chi connectivity index (χ1) is 7.27. The van der Waals surface area contributed by atoms with Crippen LogP contribution in [0.1, 0.15) is 23.2 Å². The molecule has 0 aliphatic carbocycles. The van der Waals surface area contributed by atoms with Crippen molar-refractivity contribution in [1.29, 1.82) is 0 Å². The largest absolute Gasteiger partial charge is 0.337 e. The molecule has 3 heteroatoms. The van der Waals surface area contributed by atoms with Crippen molar-refractivity contribution in [2.75, 3.05) is 13.1 Å². The lowest BCUT2D eigenvalue weighted by atomic mass is 10.1. The Kier molecular flexibility index (Phi) is 3.02. The standard InChI is InChI=1S/C12H16N2O/c13-11-7-4-8-14(9-11)12(15)10-5-2-1-3-6-10/h1-3,5-6,11H,4,7-9,13H2. The normalized spacial score (nSPS) is 21.4. The summed E-state index contributed by atoms with van der Waals surface area (Å²) in [6.45, 7) is 1.52. The van der Waals surface area contributed by atoms with E-state index in [2.05, 4.69) is 0 Å². The molecule has 1 heterocycles. The van der Waals surface area contributed by atoms with Crippen LogP contribution in [0.15, 0.2) is 30.3 Å². The number of piperidine rings is 1. The molecule has 0 spiro atoms. The van der Waals surface area contributed by atoms with E-state index in [-0.39, 0.29) is 11.9 Å². The molecule has 1 unspecified atom stereocenters. The third kappa shape index (κ3) is 2.36. The number of likely N-dealkylation sites (tertiary alicyclic amines) is 1. The van der Waals surface area contributed by atoms with Gasteiger partial charge in [0.1, 0.15) is 0 Å². The van der Waals surface area contributed by atoms with E-state index in [0.29, 0.717) is 6.54 Å². The van der Waals surface area contributed by atoms with Crippen LogP contribution in [0.5, 0.6) is 0 Å². The van der Waals surface area contributed by atoms with Crippen molar-refractivity contribution < 1.29 is 4.79 Å². The number of rotatable bonds is 1. The van der Waals surface area contributed by atoms with Gasteiger partial charge in [-0.2, -0.15) is 0 Å². The zero-order valence-electron chi connectivity index (χ0n) is 8.73. The van der Waals surface area contributed by atoms with Crippen molar-refractivity contribution in [3.63, 3.8) is 0 Å². The van der Waals surface area contributed by atoms with Crippen molar-refractivity contribution in [3.8, 4) is 0 Å². The van der Waals surface area contributed by atoms with Gasteiger partial charge in [0.15, 0.2) is 0 Å². The topological polar surface area (TPSA) is 46.3 Å². The van der Waals surface area contributed by atoms with Gasteiger partial charge >= 0.3 is 0 Å². The Morgan fingerprint density at radius 3 is 2.73 bits per heavy atom. The minimum absolute atomic E-state index is 0.103. The molecule has 1 atom stereocenters. The number of hydrogen-bond donors (Lipinski definition) is 1. The average Bonchev–Trinajstić information content (AvgIpc) is 2.29. The van der Waals surface area contributed by atoms with Gasteiger partial charge in [0.25, 0.3) is 5.91 Å². The Morgan fingerprint density at radius 2 is 2.07 bits per heavy atom. The van der Waals surface area contributed by atoms with Gasteiger partial charge in [0.05, 0.1) is 0 Å². The van der Waals surface area contributed by atoms with Crippen LogP contribution in [-0.4, -0.2) is 29.9 Å². The molecule has 2 rings (SSSR count). The Labute approximate surface area is 89.9 Å². The van der Waals surface area contributed by atoms with Crippen LogP contribution in [0.25, 0.3) is 0 Å². The molecule has 1 aliphatic heterocycles. The molecule has 0 bridgehead atoms. The van der Waals surface area contributed by atoms with E-state index >= 15 is 0 Å².